The van der Waals surface area contributed by atoms with E-state index in [1.807, 2.05) is 20.8 Å². The molecule has 10 fully saturated rings. The molecule has 24 unspecified atom stereocenters. The summed E-state index contributed by atoms with van der Waals surface area (Å²) in [5.41, 5.74) is -0.413. The Bertz CT molecular complexity index is 1840. The molecule has 0 aromatic rings. The molecular formula is C57H102O17. The lowest BCUT2D eigenvalue weighted by Gasteiger charge is -2.36. The minimum atomic E-state index is -0.980. The average Bonchev–Trinajstić information content (AvgIpc) is 4.19. The Morgan fingerprint density at radius 3 is 1.03 bits per heavy atom. The van der Waals surface area contributed by atoms with Crippen molar-refractivity contribution in [2.24, 2.45) is 71.0 Å². The van der Waals surface area contributed by atoms with E-state index in [9.17, 15) is 39.3 Å². The first kappa shape index (κ1) is 67.2. The predicted octanol–water partition coefficient (Wildman–Crippen LogP) is 9.61. The maximum Gasteiger partial charge on any atom is 0.313 e. The minimum Gasteiger partial charge on any atom is -0.481 e. The molecule has 17 heteroatoms. The minimum absolute atomic E-state index is 0. The van der Waals surface area contributed by atoms with Crippen molar-refractivity contribution in [2.45, 2.75) is 243 Å². The smallest absolute Gasteiger partial charge is 0.313 e. The van der Waals surface area contributed by atoms with Crippen molar-refractivity contribution in [2.75, 3.05) is 20.8 Å². The third kappa shape index (κ3) is 10.9. The van der Waals surface area contributed by atoms with Gasteiger partial charge < -0.3 is 58.0 Å². The SMILES string of the molecule is C.C.C.C.C.C.CCC1OC(CC)C2C3OC(C(C(=O)O)C3C(=O)OC)C12.CCC1OC(CC)C2C3OC(C(C(=O)O)C3C(=O)OC3(CC)CCCC3)C12.CCC1OC(CC)C2C3OC(C(COC)C3C(=O)O)C12. The van der Waals surface area contributed by atoms with Gasteiger partial charge in [-0.15, -0.1) is 0 Å². The van der Waals surface area contributed by atoms with Crippen LogP contribution in [0.1, 0.15) is 164 Å². The Balaban J connectivity index is 0.000000370. The average molecular weight is 1060 g/mol. The molecule has 24 atom stereocenters. The third-order valence-electron chi connectivity index (χ3n) is 18.5. The van der Waals surface area contributed by atoms with Crippen molar-refractivity contribution >= 4 is 29.8 Å². The monoisotopic (exact) mass is 1060 g/mol. The number of rotatable bonds is 15. The predicted molar refractivity (Wildman–Crippen MR) is 280 cm³/mol. The Hall–Kier alpha value is -2.93. The number of hydrogen-bond donors (Lipinski definition) is 3. The Morgan fingerprint density at radius 1 is 0.432 bits per heavy atom. The van der Waals surface area contributed by atoms with Gasteiger partial charge in [-0.1, -0.05) is 93.0 Å². The van der Waals surface area contributed by atoms with E-state index in [-0.39, 0.29) is 135 Å². The molecule has 0 amide bonds. The van der Waals surface area contributed by atoms with Crippen molar-refractivity contribution < 1.29 is 81.9 Å². The fourth-order valence-electron chi connectivity index (χ4n) is 15.7. The summed E-state index contributed by atoms with van der Waals surface area (Å²) in [6, 6.07) is 0. The van der Waals surface area contributed by atoms with E-state index in [2.05, 4.69) is 27.7 Å². The molecule has 9 heterocycles. The fourth-order valence-corrected chi connectivity index (χ4v) is 15.7. The van der Waals surface area contributed by atoms with Gasteiger partial charge in [0.1, 0.15) is 5.60 Å². The van der Waals surface area contributed by atoms with Gasteiger partial charge in [0, 0.05) is 48.5 Å². The molecule has 9 saturated heterocycles. The van der Waals surface area contributed by atoms with Crippen LogP contribution in [-0.2, 0) is 66.6 Å². The number of carboxylic acid groups (broad SMARTS) is 3. The zero-order valence-corrected chi connectivity index (χ0v) is 41.4. The van der Waals surface area contributed by atoms with Gasteiger partial charge >= 0.3 is 29.8 Å². The lowest BCUT2D eigenvalue weighted by atomic mass is 9.65. The molecule has 10 aliphatic rings. The molecule has 3 N–H and O–H groups in total. The van der Waals surface area contributed by atoms with Crippen molar-refractivity contribution in [1.29, 1.82) is 0 Å². The Kier molecular flexibility index (Phi) is 24.6. The van der Waals surface area contributed by atoms with Crippen LogP contribution in [0.25, 0.3) is 0 Å². The van der Waals surface area contributed by atoms with Crippen molar-refractivity contribution in [3.8, 4) is 0 Å². The number of hydrogen-bond acceptors (Lipinski definition) is 14. The molecule has 0 radical (unpaired) electrons. The highest BCUT2D eigenvalue weighted by molar-refractivity contribution is 5.84. The zero-order valence-electron chi connectivity index (χ0n) is 41.4. The highest BCUT2D eigenvalue weighted by Gasteiger charge is 2.72. The second-order valence-electron chi connectivity index (χ2n) is 21.2. The summed E-state index contributed by atoms with van der Waals surface area (Å²) in [6.07, 6.45) is 8.45. The number of aliphatic carboxylic acids is 3. The standard InChI is InChI=1S/C21H32O6.C15H22O6.C15H24O5.6CH4/c1-4-11-13-14(12(5-2)25-11)18-16(15(19(22)23)17(13)26-18)20(24)27-21(6-3)9-7-8-10-21;1-4-6-8-9(7(5-2)20-6)13-11(15(18)19-3)10(14(16)17)12(8)21-13;1-4-8-11-12(9(5-2)19-8)14-10(15(16)17)7(6-18-3)13(11)20-14;;;;;;/h11-18H,4-10H2,1-3H3,(H,22,23);6-13H,4-5H2,1-3H3,(H,16,17);7-14H,4-6H2,1-3H3,(H,16,17);6*1H4. The van der Waals surface area contributed by atoms with E-state index in [0.29, 0.717) is 12.5 Å². The van der Waals surface area contributed by atoms with Crippen LogP contribution in [0.2, 0.25) is 0 Å². The van der Waals surface area contributed by atoms with Crippen molar-refractivity contribution in [3.63, 3.8) is 0 Å². The van der Waals surface area contributed by atoms with Gasteiger partial charge in [0.2, 0.25) is 0 Å². The van der Waals surface area contributed by atoms with Crippen molar-refractivity contribution in [3.05, 3.63) is 0 Å². The molecular weight excluding hydrogens is 957 g/mol. The molecule has 0 aromatic carbocycles. The van der Waals surface area contributed by atoms with Gasteiger partial charge in [-0.2, -0.15) is 0 Å². The molecule has 10 rings (SSSR count). The van der Waals surface area contributed by atoms with Crippen LogP contribution >= 0.6 is 0 Å². The fraction of sp³-hybridized carbons (Fsp3) is 0.912. The van der Waals surface area contributed by atoms with Gasteiger partial charge in [0.25, 0.3) is 0 Å². The number of methoxy groups -OCH3 is 2. The summed E-state index contributed by atoms with van der Waals surface area (Å²) < 4.78 is 52.7. The van der Waals surface area contributed by atoms with Gasteiger partial charge in [0.15, 0.2) is 0 Å². The van der Waals surface area contributed by atoms with Crippen LogP contribution in [-0.4, -0.2) is 145 Å². The lowest BCUT2D eigenvalue weighted by molar-refractivity contribution is -0.173. The van der Waals surface area contributed by atoms with Crippen LogP contribution in [0, 0.1) is 71.0 Å². The van der Waals surface area contributed by atoms with Gasteiger partial charge in [-0.05, 0) is 70.6 Å². The van der Waals surface area contributed by atoms with E-state index in [1.54, 1.807) is 7.11 Å². The maximum absolute atomic E-state index is 13.2. The van der Waals surface area contributed by atoms with E-state index in [1.165, 1.54) is 7.11 Å². The molecule has 9 aliphatic heterocycles. The second-order valence-corrected chi connectivity index (χ2v) is 21.2. The van der Waals surface area contributed by atoms with Gasteiger partial charge in [-0.25, -0.2) is 0 Å². The van der Waals surface area contributed by atoms with Crippen LogP contribution < -0.4 is 0 Å². The van der Waals surface area contributed by atoms with Crippen LogP contribution in [0.15, 0.2) is 0 Å². The molecule has 6 bridgehead atoms. The van der Waals surface area contributed by atoms with Crippen molar-refractivity contribution in [1.82, 2.24) is 0 Å². The molecule has 17 nitrogen and oxygen atoms in total. The normalized spacial score (nSPS) is 43.0. The summed E-state index contributed by atoms with van der Waals surface area (Å²) in [7, 11) is 2.92. The molecule has 0 aromatic heterocycles. The first-order valence-electron chi connectivity index (χ1n) is 26.0. The third-order valence-corrected chi connectivity index (χ3v) is 18.5. The molecule has 1 saturated carbocycles. The van der Waals surface area contributed by atoms with E-state index in [4.69, 9.17) is 42.6 Å². The number of carboxylic acids is 3. The van der Waals surface area contributed by atoms with Gasteiger partial charge in [0.05, 0.1) is 117 Å². The Morgan fingerprint density at radius 2 is 0.730 bits per heavy atom. The summed E-state index contributed by atoms with van der Waals surface area (Å²) >= 11 is 0. The maximum atomic E-state index is 13.2. The number of carbonyl (C=O) groups is 5. The summed E-state index contributed by atoms with van der Waals surface area (Å²) in [6.45, 7) is 15.0. The number of ether oxygens (including phenoxy) is 9. The number of esters is 2. The lowest BCUT2D eigenvalue weighted by Crippen LogP contribution is -2.50. The van der Waals surface area contributed by atoms with Crippen LogP contribution in [0.4, 0.5) is 0 Å². The molecule has 432 valence electrons. The quantitative estimate of drug-likeness (QED) is 0.130. The Labute approximate surface area is 444 Å². The first-order valence-corrected chi connectivity index (χ1v) is 26.0. The topological polar surface area (TPSA) is 229 Å². The first-order chi connectivity index (χ1) is 32.6. The van der Waals surface area contributed by atoms with Crippen LogP contribution in [0.3, 0.4) is 0 Å². The summed E-state index contributed by atoms with van der Waals surface area (Å²) in [5.74, 6) is -6.19. The van der Waals surface area contributed by atoms with Gasteiger partial charge in [-0.3, -0.25) is 24.0 Å². The zero-order chi connectivity index (χ0) is 49.1. The summed E-state index contributed by atoms with van der Waals surface area (Å²) in [5, 5.41) is 29.0. The largest absolute Gasteiger partial charge is 0.481 e. The van der Waals surface area contributed by atoms with E-state index >= 15 is 0 Å². The highest BCUT2D eigenvalue weighted by atomic mass is 16.6. The second kappa shape index (κ2) is 27.1. The summed E-state index contributed by atoms with van der Waals surface area (Å²) in [4.78, 5) is 60.6. The van der Waals surface area contributed by atoms with Crippen LogP contribution in [0.5, 0.6) is 0 Å². The van der Waals surface area contributed by atoms with E-state index in [0.717, 1.165) is 70.6 Å². The number of carbonyl (C=O) groups excluding carboxylic acids is 2. The highest BCUT2D eigenvalue weighted by Crippen LogP contribution is 2.61. The number of fused-ring (bicyclic) bond motifs is 15. The van der Waals surface area contributed by atoms with E-state index < -0.39 is 83.5 Å². The molecule has 74 heavy (non-hydrogen) atoms. The molecule has 0 spiro atoms. The molecule has 1 aliphatic carbocycles.